The summed E-state index contributed by atoms with van der Waals surface area (Å²) in [6.45, 7) is -0.526. The van der Waals surface area contributed by atoms with Gasteiger partial charge in [-0.1, -0.05) is 30.3 Å². The van der Waals surface area contributed by atoms with Crippen molar-refractivity contribution in [1.82, 2.24) is 0 Å². The first kappa shape index (κ1) is 26.9. The van der Waals surface area contributed by atoms with Crippen LogP contribution in [0, 0.1) is 0 Å². The van der Waals surface area contributed by atoms with Crippen LogP contribution in [0.1, 0.15) is 15.9 Å². The van der Waals surface area contributed by atoms with Crippen LogP contribution < -0.4 is 0 Å². The van der Waals surface area contributed by atoms with Gasteiger partial charge in [-0.05, 0) is 17.7 Å². The molecule has 0 spiro atoms. The van der Waals surface area contributed by atoms with Gasteiger partial charge in [-0.25, -0.2) is 0 Å². The Morgan fingerprint density at radius 2 is 1.56 bits per heavy atom. The molecule has 0 radical (unpaired) electrons. The highest BCUT2D eigenvalue weighted by molar-refractivity contribution is 6.12. The van der Waals surface area contributed by atoms with Crippen LogP contribution in [-0.4, -0.2) is 96.2 Å². The Morgan fingerprint density at radius 1 is 0.941 bits per heavy atom. The molecule has 12 nitrogen and oxygen atoms in total. The number of aliphatic hydroxyl groups is 5. The van der Waals surface area contributed by atoms with E-state index in [0.717, 1.165) is 6.07 Å². The lowest BCUT2D eigenvalue weighted by atomic mass is 10.00. The lowest BCUT2D eigenvalue weighted by Crippen LogP contribution is -2.58. The van der Waals surface area contributed by atoms with Crippen LogP contribution in [-0.2, 0) is 9.47 Å². The molecule has 0 saturated carbocycles. The molecule has 0 aliphatic carbocycles. The molecule has 9 N–H and O–H groups in total. The van der Waals surface area contributed by atoms with Gasteiger partial charge in [0.2, 0.25) is 17.3 Å². The van der Waals surface area contributed by atoms with Crippen molar-refractivity contribution in [2.45, 2.75) is 30.7 Å². The number of allylic oxidation sites excluding steroid dienone is 1. The SMILES string of the molecule is COC(=Cc1ccccc1)C(=O)c1cc(O)c(O)c(O)c1O.OC[C@H]1OC(O)[C@H](O)[C@@H](O)[C@@H]1O. The fourth-order valence-corrected chi connectivity index (χ4v) is 2.94. The summed E-state index contributed by atoms with van der Waals surface area (Å²) >= 11 is 0. The first-order chi connectivity index (χ1) is 16.0. The van der Waals surface area contributed by atoms with E-state index in [0.29, 0.717) is 5.56 Å². The van der Waals surface area contributed by atoms with Crippen molar-refractivity contribution >= 4 is 11.9 Å². The number of carbonyl (C=O) groups excluding carboxylic acids is 1. The third-order valence-corrected chi connectivity index (χ3v) is 4.88. The van der Waals surface area contributed by atoms with Gasteiger partial charge in [0.1, 0.15) is 24.4 Å². The van der Waals surface area contributed by atoms with E-state index in [9.17, 15) is 25.2 Å². The molecule has 2 aromatic carbocycles. The maximum atomic E-state index is 12.4. The zero-order valence-corrected chi connectivity index (χ0v) is 17.9. The maximum Gasteiger partial charge on any atom is 0.231 e. The summed E-state index contributed by atoms with van der Waals surface area (Å²) in [6.07, 6.45) is -5.59. The van der Waals surface area contributed by atoms with Crippen LogP contribution in [0.4, 0.5) is 0 Å². The summed E-state index contributed by atoms with van der Waals surface area (Å²) < 4.78 is 9.59. The second-order valence-electron chi connectivity index (χ2n) is 7.16. The van der Waals surface area contributed by atoms with Gasteiger partial charge < -0.3 is 55.4 Å². The van der Waals surface area contributed by atoms with E-state index in [1.165, 1.54) is 13.2 Å². The van der Waals surface area contributed by atoms with Gasteiger partial charge in [0, 0.05) is 0 Å². The summed E-state index contributed by atoms with van der Waals surface area (Å²) in [5.41, 5.74) is 0.302. The monoisotopic (exact) mass is 482 g/mol. The van der Waals surface area contributed by atoms with Crippen LogP contribution in [0.5, 0.6) is 23.0 Å². The first-order valence-corrected chi connectivity index (χ1v) is 9.84. The van der Waals surface area contributed by atoms with Crippen molar-refractivity contribution in [2.75, 3.05) is 13.7 Å². The molecule has 0 amide bonds. The Bertz CT molecular complexity index is 1000. The number of phenols is 4. The van der Waals surface area contributed by atoms with Crippen molar-refractivity contribution < 1.29 is 60.2 Å². The summed E-state index contributed by atoms with van der Waals surface area (Å²) in [5, 5.41) is 82.7. The van der Waals surface area contributed by atoms with Crippen LogP contribution in [0.3, 0.4) is 0 Å². The normalized spacial score (nSPS) is 24.6. The minimum absolute atomic E-state index is 0.106. The average Bonchev–Trinajstić information content (AvgIpc) is 2.85. The number of phenolic OH excluding ortho intramolecular Hbond substituents is 4. The molecule has 0 aromatic heterocycles. The fourth-order valence-electron chi connectivity index (χ4n) is 2.94. The molecule has 0 bridgehead atoms. The second kappa shape index (κ2) is 11.7. The number of ether oxygens (including phenoxy) is 2. The van der Waals surface area contributed by atoms with Gasteiger partial charge in [-0.3, -0.25) is 4.79 Å². The predicted molar refractivity (Wildman–Crippen MR) is 115 cm³/mol. The highest BCUT2D eigenvalue weighted by Crippen LogP contribution is 2.44. The van der Waals surface area contributed by atoms with E-state index in [1.807, 2.05) is 6.07 Å². The smallest absolute Gasteiger partial charge is 0.231 e. The van der Waals surface area contributed by atoms with Crippen molar-refractivity contribution in [3.63, 3.8) is 0 Å². The Morgan fingerprint density at radius 3 is 2.12 bits per heavy atom. The number of Topliss-reactive ketones (excluding diaryl/α,β-unsaturated/α-hetero) is 1. The predicted octanol–water partition coefficient (Wildman–Crippen LogP) is -0.842. The Balaban J connectivity index is 0.000000287. The summed E-state index contributed by atoms with van der Waals surface area (Å²) in [6, 6.07) is 9.71. The highest BCUT2D eigenvalue weighted by Gasteiger charge is 2.42. The van der Waals surface area contributed by atoms with Crippen LogP contribution in [0.25, 0.3) is 6.08 Å². The zero-order valence-electron chi connectivity index (χ0n) is 17.9. The lowest BCUT2D eigenvalue weighted by Gasteiger charge is -2.37. The van der Waals surface area contributed by atoms with Gasteiger partial charge in [0.25, 0.3) is 0 Å². The van der Waals surface area contributed by atoms with E-state index in [2.05, 4.69) is 4.74 Å². The van der Waals surface area contributed by atoms with Gasteiger partial charge in [-0.15, -0.1) is 0 Å². The highest BCUT2D eigenvalue weighted by atomic mass is 16.6. The third kappa shape index (κ3) is 5.94. The Kier molecular flexibility index (Phi) is 9.20. The van der Waals surface area contributed by atoms with Gasteiger partial charge in [0.15, 0.2) is 23.5 Å². The summed E-state index contributed by atoms with van der Waals surface area (Å²) in [7, 11) is 1.28. The quantitative estimate of drug-likeness (QED) is 0.0837. The van der Waals surface area contributed by atoms with Gasteiger partial charge in [0.05, 0.1) is 19.3 Å². The average molecular weight is 482 g/mol. The van der Waals surface area contributed by atoms with Crippen LogP contribution in [0.15, 0.2) is 42.2 Å². The molecule has 34 heavy (non-hydrogen) atoms. The Labute approximate surface area is 193 Å². The molecule has 186 valence electrons. The van der Waals surface area contributed by atoms with Crippen LogP contribution >= 0.6 is 0 Å². The number of hydrogen-bond donors (Lipinski definition) is 9. The third-order valence-electron chi connectivity index (χ3n) is 4.88. The van der Waals surface area contributed by atoms with Crippen LogP contribution in [0.2, 0.25) is 0 Å². The second-order valence-corrected chi connectivity index (χ2v) is 7.16. The molecular formula is C22H26O12. The van der Waals surface area contributed by atoms with E-state index >= 15 is 0 Å². The maximum absolute atomic E-state index is 12.4. The minimum atomic E-state index is -1.57. The fraction of sp³-hybridized carbons (Fsp3) is 0.318. The van der Waals surface area contributed by atoms with E-state index in [1.54, 1.807) is 24.3 Å². The molecule has 1 saturated heterocycles. The lowest BCUT2D eigenvalue weighted by molar-refractivity contribution is -0.286. The van der Waals surface area contributed by atoms with Gasteiger partial charge in [-0.2, -0.15) is 0 Å². The Hall–Kier alpha value is -3.39. The number of aliphatic hydroxyl groups excluding tert-OH is 5. The first-order valence-electron chi connectivity index (χ1n) is 9.84. The molecule has 2 aromatic rings. The van der Waals surface area contributed by atoms with E-state index < -0.39 is 71.7 Å². The number of aromatic hydroxyl groups is 4. The molecule has 1 aliphatic heterocycles. The molecular weight excluding hydrogens is 456 g/mol. The molecule has 12 heteroatoms. The van der Waals surface area contributed by atoms with Crippen molar-refractivity contribution in [3.05, 3.63) is 53.3 Å². The topological polar surface area (TPSA) is 218 Å². The van der Waals surface area contributed by atoms with Crippen molar-refractivity contribution in [2.24, 2.45) is 0 Å². The molecule has 1 aliphatic rings. The number of rotatable bonds is 5. The number of benzene rings is 2. The number of hydrogen-bond acceptors (Lipinski definition) is 12. The number of ketones is 1. The zero-order chi connectivity index (χ0) is 25.6. The molecule has 1 unspecified atom stereocenters. The van der Waals surface area contributed by atoms with E-state index in [4.69, 9.17) is 30.3 Å². The molecule has 1 heterocycles. The minimum Gasteiger partial charge on any atom is -0.504 e. The van der Waals surface area contributed by atoms with Crippen molar-refractivity contribution in [3.8, 4) is 23.0 Å². The number of methoxy groups -OCH3 is 1. The largest absolute Gasteiger partial charge is 0.504 e. The number of carbonyl (C=O) groups is 1. The summed E-state index contributed by atoms with van der Waals surface area (Å²) in [4.78, 5) is 12.4. The molecule has 1 fully saturated rings. The summed E-state index contributed by atoms with van der Waals surface area (Å²) in [5.74, 6) is -4.30. The van der Waals surface area contributed by atoms with E-state index in [-0.39, 0.29) is 5.76 Å². The van der Waals surface area contributed by atoms with Gasteiger partial charge >= 0.3 is 0 Å². The van der Waals surface area contributed by atoms with Crippen molar-refractivity contribution in [1.29, 1.82) is 0 Å². The molecule has 3 rings (SSSR count). The standard InChI is InChI=1S/C16H14O6.C6H12O6/c1-22-12(7-9-5-3-2-4-6-9)13(18)10-8-11(17)15(20)16(21)14(10)19;7-1-2-3(8)4(9)5(10)6(11)12-2/h2-8,17,19-21H,1H3;2-11H,1H2/t;2-,3-,4+,5-,6?/m.1/s1. The molecule has 5 atom stereocenters.